The molecule has 0 saturated heterocycles. The van der Waals surface area contributed by atoms with Crippen molar-refractivity contribution >= 4 is 23.7 Å². The van der Waals surface area contributed by atoms with E-state index < -0.39 is 0 Å². The van der Waals surface area contributed by atoms with Crippen LogP contribution in [0.2, 0.25) is 0 Å². The van der Waals surface area contributed by atoms with Crippen LogP contribution in [0, 0.1) is 6.92 Å². The van der Waals surface area contributed by atoms with Gasteiger partial charge >= 0.3 is 0 Å². The van der Waals surface area contributed by atoms with E-state index in [0.29, 0.717) is 17.4 Å². The molecule has 0 fully saturated rings. The summed E-state index contributed by atoms with van der Waals surface area (Å²) in [5.74, 6) is 0.205. The zero-order chi connectivity index (χ0) is 10.6. The summed E-state index contributed by atoms with van der Waals surface area (Å²) in [4.78, 5) is 22.2. The highest BCUT2D eigenvalue weighted by atomic mass is 35.5. The average molecular weight is 211 g/mol. The zero-order valence-electron chi connectivity index (χ0n) is 7.92. The van der Waals surface area contributed by atoms with Crippen molar-refractivity contribution in [3.8, 4) is 0 Å². The number of aryl methyl sites for hydroxylation is 1. The molecule has 0 spiro atoms. The first kappa shape index (κ1) is 10.9. The van der Waals surface area contributed by atoms with Gasteiger partial charge in [0.1, 0.15) is 0 Å². The molecule has 0 aliphatic rings. The Labute approximate surface area is 87.9 Å². The van der Waals surface area contributed by atoms with Gasteiger partial charge in [0.2, 0.25) is 0 Å². The molecular formula is C11H11ClO2. The van der Waals surface area contributed by atoms with E-state index in [9.17, 15) is 9.59 Å². The Balaban J connectivity index is 3.10. The normalized spacial score (nSPS) is 9.86. The van der Waals surface area contributed by atoms with Crippen LogP contribution < -0.4 is 0 Å². The van der Waals surface area contributed by atoms with Gasteiger partial charge in [-0.2, -0.15) is 0 Å². The molecule has 0 saturated carbocycles. The summed E-state index contributed by atoms with van der Waals surface area (Å²) in [6.07, 6.45) is 0.965. The Morgan fingerprint density at radius 3 is 2.79 bits per heavy atom. The first-order valence-electron chi connectivity index (χ1n) is 4.34. The summed E-state index contributed by atoms with van der Waals surface area (Å²) in [7, 11) is 0. The van der Waals surface area contributed by atoms with E-state index in [1.807, 2.05) is 6.92 Å². The van der Waals surface area contributed by atoms with Gasteiger partial charge in [0.15, 0.2) is 12.1 Å². The zero-order valence-corrected chi connectivity index (χ0v) is 8.67. The average Bonchev–Trinajstić information content (AvgIpc) is 2.18. The molecule has 0 atom stereocenters. The Kier molecular flexibility index (Phi) is 3.84. The van der Waals surface area contributed by atoms with Crippen molar-refractivity contribution in [3.05, 3.63) is 34.9 Å². The number of ketones is 1. The van der Waals surface area contributed by atoms with Gasteiger partial charge < -0.3 is 0 Å². The second kappa shape index (κ2) is 4.91. The molecule has 2 nitrogen and oxygen atoms in total. The molecule has 0 N–H and O–H groups in total. The molecule has 1 aromatic rings. The topological polar surface area (TPSA) is 34.1 Å². The monoisotopic (exact) mass is 210 g/mol. The highest BCUT2D eigenvalue weighted by Crippen LogP contribution is 2.12. The molecule has 0 unspecified atom stereocenters. The van der Waals surface area contributed by atoms with Crippen molar-refractivity contribution in [1.82, 2.24) is 0 Å². The van der Waals surface area contributed by atoms with Crippen LogP contribution in [-0.4, -0.2) is 17.9 Å². The number of hydrogen-bond donors (Lipinski definition) is 0. The standard InChI is InChI=1S/C11H11ClO2/c1-8-2-3-9(7-13)10(6-8)11(14)4-5-12/h2-3,6-7H,4-5H2,1H3. The number of Topliss-reactive ketones (excluding diaryl/α,β-unsaturated/α-hetero) is 1. The predicted octanol–water partition coefficient (Wildman–Crippen LogP) is 2.62. The minimum atomic E-state index is -0.0780. The van der Waals surface area contributed by atoms with Crippen LogP contribution in [0.4, 0.5) is 0 Å². The molecule has 1 rings (SSSR count). The SMILES string of the molecule is Cc1ccc(C=O)c(C(=O)CCCl)c1. The molecule has 0 bridgehead atoms. The van der Waals surface area contributed by atoms with Crippen molar-refractivity contribution in [2.45, 2.75) is 13.3 Å². The predicted molar refractivity (Wildman–Crippen MR) is 56.2 cm³/mol. The van der Waals surface area contributed by atoms with Crippen molar-refractivity contribution in [1.29, 1.82) is 0 Å². The van der Waals surface area contributed by atoms with Crippen molar-refractivity contribution in [2.24, 2.45) is 0 Å². The number of hydrogen-bond acceptors (Lipinski definition) is 2. The van der Waals surface area contributed by atoms with Gasteiger partial charge in [-0.25, -0.2) is 0 Å². The van der Waals surface area contributed by atoms with Crippen molar-refractivity contribution < 1.29 is 9.59 Å². The summed E-state index contributed by atoms with van der Waals surface area (Å²) in [6, 6.07) is 5.18. The first-order chi connectivity index (χ1) is 6.69. The van der Waals surface area contributed by atoms with Crippen LogP contribution in [0.3, 0.4) is 0 Å². The van der Waals surface area contributed by atoms with E-state index in [1.54, 1.807) is 18.2 Å². The molecule has 0 aliphatic heterocycles. The largest absolute Gasteiger partial charge is 0.298 e. The lowest BCUT2D eigenvalue weighted by Gasteiger charge is -2.03. The summed E-state index contributed by atoms with van der Waals surface area (Å²) >= 11 is 5.47. The third-order valence-corrected chi connectivity index (χ3v) is 2.15. The summed E-state index contributed by atoms with van der Waals surface area (Å²) in [5, 5.41) is 0. The van der Waals surface area contributed by atoms with E-state index in [2.05, 4.69) is 0 Å². The van der Waals surface area contributed by atoms with Gasteiger partial charge in [-0.1, -0.05) is 17.7 Å². The lowest BCUT2D eigenvalue weighted by molar-refractivity contribution is 0.0982. The van der Waals surface area contributed by atoms with Crippen LogP contribution in [0.5, 0.6) is 0 Å². The van der Waals surface area contributed by atoms with Gasteiger partial charge in [-0.15, -0.1) is 11.6 Å². The van der Waals surface area contributed by atoms with E-state index in [4.69, 9.17) is 11.6 Å². The molecule has 0 radical (unpaired) electrons. The lowest BCUT2D eigenvalue weighted by atomic mass is 10.0. The molecule has 0 aliphatic carbocycles. The molecule has 74 valence electrons. The number of rotatable bonds is 4. The quantitative estimate of drug-likeness (QED) is 0.435. The maximum Gasteiger partial charge on any atom is 0.164 e. The first-order valence-corrected chi connectivity index (χ1v) is 4.87. The molecule has 0 aromatic heterocycles. The molecule has 14 heavy (non-hydrogen) atoms. The Hall–Kier alpha value is -1.15. The molecule has 0 amide bonds. The van der Waals surface area contributed by atoms with E-state index >= 15 is 0 Å². The fraction of sp³-hybridized carbons (Fsp3) is 0.273. The molecule has 1 aromatic carbocycles. The number of halogens is 1. The Morgan fingerprint density at radius 1 is 1.50 bits per heavy atom. The minimum absolute atomic E-state index is 0.0780. The molecule has 3 heteroatoms. The van der Waals surface area contributed by atoms with Gasteiger partial charge in [-0.3, -0.25) is 9.59 Å². The number of alkyl halides is 1. The van der Waals surface area contributed by atoms with E-state index in [1.165, 1.54) is 0 Å². The van der Waals surface area contributed by atoms with Crippen LogP contribution >= 0.6 is 11.6 Å². The van der Waals surface area contributed by atoms with Gasteiger partial charge in [0.25, 0.3) is 0 Å². The van der Waals surface area contributed by atoms with Gasteiger partial charge in [-0.05, 0) is 13.0 Å². The van der Waals surface area contributed by atoms with Gasteiger partial charge in [0, 0.05) is 23.4 Å². The third kappa shape index (κ3) is 2.42. The van der Waals surface area contributed by atoms with E-state index in [0.717, 1.165) is 5.56 Å². The second-order valence-electron chi connectivity index (χ2n) is 3.07. The molecular weight excluding hydrogens is 200 g/mol. The summed E-state index contributed by atoms with van der Waals surface area (Å²) in [6.45, 7) is 1.88. The number of benzene rings is 1. The van der Waals surface area contributed by atoms with Crippen LogP contribution in [0.25, 0.3) is 0 Å². The van der Waals surface area contributed by atoms with Crippen LogP contribution in [-0.2, 0) is 0 Å². The Bertz CT molecular complexity index is 358. The van der Waals surface area contributed by atoms with Crippen molar-refractivity contribution in [2.75, 3.05) is 5.88 Å². The number of carbonyl (C=O) groups is 2. The second-order valence-corrected chi connectivity index (χ2v) is 3.45. The highest BCUT2D eigenvalue weighted by molar-refractivity contribution is 6.20. The fourth-order valence-corrected chi connectivity index (χ4v) is 1.41. The smallest absolute Gasteiger partial charge is 0.164 e. The summed E-state index contributed by atoms with van der Waals surface area (Å²) in [5.41, 5.74) is 1.87. The number of aldehydes is 1. The van der Waals surface area contributed by atoms with Crippen LogP contribution in [0.15, 0.2) is 18.2 Å². The van der Waals surface area contributed by atoms with Crippen LogP contribution in [0.1, 0.15) is 32.7 Å². The minimum Gasteiger partial charge on any atom is -0.298 e. The van der Waals surface area contributed by atoms with Gasteiger partial charge in [0.05, 0.1) is 0 Å². The fourth-order valence-electron chi connectivity index (χ4n) is 1.23. The molecule has 0 heterocycles. The lowest BCUT2D eigenvalue weighted by Crippen LogP contribution is -2.04. The number of carbonyl (C=O) groups excluding carboxylic acids is 2. The Morgan fingerprint density at radius 2 is 2.21 bits per heavy atom. The summed E-state index contributed by atoms with van der Waals surface area (Å²) < 4.78 is 0. The maximum atomic E-state index is 11.5. The van der Waals surface area contributed by atoms with E-state index in [-0.39, 0.29) is 18.1 Å². The maximum absolute atomic E-state index is 11.5. The van der Waals surface area contributed by atoms with Crippen molar-refractivity contribution in [3.63, 3.8) is 0 Å². The highest BCUT2D eigenvalue weighted by Gasteiger charge is 2.10. The third-order valence-electron chi connectivity index (χ3n) is 1.96.